The van der Waals surface area contributed by atoms with Crippen LogP contribution < -0.4 is 10.6 Å². The largest absolute Gasteiger partial charge is 0.353 e. The molecule has 104 valence electrons. The lowest BCUT2D eigenvalue weighted by atomic mass is 9.86. The Bertz CT molecular complexity index is 457. The van der Waals surface area contributed by atoms with Crippen molar-refractivity contribution in [3.05, 3.63) is 21.9 Å². The average molecular weight is 278 g/mol. The predicted octanol–water partition coefficient (Wildman–Crippen LogP) is 2.42. The molecular formula is C15H22N2OS. The van der Waals surface area contributed by atoms with Gasteiger partial charge in [-0.15, -0.1) is 11.3 Å². The second kappa shape index (κ2) is 5.63. The minimum Gasteiger partial charge on any atom is -0.353 e. The van der Waals surface area contributed by atoms with Crippen LogP contribution in [0, 0.1) is 0 Å². The Morgan fingerprint density at radius 1 is 1.47 bits per heavy atom. The highest BCUT2D eigenvalue weighted by molar-refractivity contribution is 7.10. The van der Waals surface area contributed by atoms with E-state index < -0.39 is 0 Å². The van der Waals surface area contributed by atoms with Gasteiger partial charge in [0, 0.05) is 17.0 Å². The van der Waals surface area contributed by atoms with E-state index in [-0.39, 0.29) is 11.8 Å². The summed E-state index contributed by atoms with van der Waals surface area (Å²) < 4.78 is 0. The number of piperidine rings is 1. The van der Waals surface area contributed by atoms with E-state index in [0.717, 1.165) is 38.6 Å². The third kappa shape index (κ3) is 2.84. The van der Waals surface area contributed by atoms with Crippen molar-refractivity contribution in [2.24, 2.45) is 0 Å². The summed E-state index contributed by atoms with van der Waals surface area (Å²) in [6.07, 6.45) is 5.42. The lowest BCUT2D eigenvalue weighted by Crippen LogP contribution is -2.47. The average Bonchev–Trinajstić information content (AvgIpc) is 2.86. The Kier molecular flexibility index (Phi) is 3.89. The maximum absolute atomic E-state index is 12.5. The van der Waals surface area contributed by atoms with Crippen molar-refractivity contribution in [2.45, 2.75) is 57.0 Å². The molecule has 2 N–H and O–H groups in total. The molecule has 1 aromatic rings. The first-order chi connectivity index (χ1) is 9.24. The van der Waals surface area contributed by atoms with E-state index in [9.17, 15) is 4.79 Å². The van der Waals surface area contributed by atoms with Crippen LogP contribution in [0.4, 0.5) is 0 Å². The Morgan fingerprint density at radius 2 is 2.37 bits per heavy atom. The fourth-order valence-electron chi connectivity index (χ4n) is 3.32. The summed E-state index contributed by atoms with van der Waals surface area (Å²) in [6, 6.07) is 3.02. The van der Waals surface area contributed by atoms with Gasteiger partial charge in [0.05, 0.1) is 5.92 Å². The molecule has 0 aromatic carbocycles. The molecule has 1 aromatic heterocycles. The van der Waals surface area contributed by atoms with E-state index in [2.05, 4.69) is 29.0 Å². The molecule has 3 nitrogen and oxygen atoms in total. The number of nitrogens with one attached hydrogen (secondary N) is 2. The number of hydrogen-bond donors (Lipinski definition) is 2. The van der Waals surface area contributed by atoms with Crippen LogP contribution in [0.5, 0.6) is 0 Å². The first-order valence-corrected chi connectivity index (χ1v) is 8.22. The number of fused-ring (bicyclic) bond motifs is 1. The molecule has 1 aliphatic carbocycles. The van der Waals surface area contributed by atoms with Gasteiger partial charge < -0.3 is 10.6 Å². The van der Waals surface area contributed by atoms with Crippen LogP contribution in [0.25, 0.3) is 0 Å². The first kappa shape index (κ1) is 13.1. The van der Waals surface area contributed by atoms with Crippen molar-refractivity contribution in [3.63, 3.8) is 0 Å². The molecule has 2 aliphatic rings. The third-order valence-corrected chi connectivity index (χ3v) is 5.33. The maximum Gasteiger partial charge on any atom is 0.227 e. The number of thiophene rings is 1. The fraction of sp³-hybridized carbons (Fsp3) is 0.667. The quantitative estimate of drug-likeness (QED) is 0.872. The number of carbonyl (C=O) groups excluding carboxylic acids is 1. The lowest BCUT2D eigenvalue weighted by molar-refractivity contribution is -0.123. The molecule has 3 rings (SSSR count). The highest BCUT2D eigenvalue weighted by Crippen LogP contribution is 2.35. The highest BCUT2D eigenvalue weighted by atomic mass is 32.1. The monoisotopic (exact) mass is 278 g/mol. The smallest absolute Gasteiger partial charge is 0.227 e. The van der Waals surface area contributed by atoms with Gasteiger partial charge >= 0.3 is 0 Å². The minimum atomic E-state index is 0.0974. The molecule has 0 saturated carbocycles. The molecule has 19 heavy (non-hydrogen) atoms. The molecule has 1 amide bonds. The van der Waals surface area contributed by atoms with Crippen molar-refractivity contribution in [2.75, 3.05) is 6.54 Å². The van der Waals surface area contributed by atoms with Crippen LogP contribution in [0.2, 0.25) is 0 Å². The Labute approximate surface area is 118 Å². The van der Waals surface area contributed by atoms with E-state index in [4.69, 9.17) is 0 Å². The maximum atomic E-state index is 12.5. The van der Waals surface area contributed by atoms with Gasteiger partial charge in [-0.1, -0.05) is 0 Å². The summed E-state index contributed by atoms with van der Waals surface area (Å²) in [5.41, 5.74) is 1.29. The predicted molar refractivity (Wildman–Crippen MR) is 78.6 cm³/mol. The van der Waals surface area contributed by atoms with Crippen molar-refractivity contribution in [3.8, 4) is 0 Å². The van der Waals surface area contributed by atoms with Gasteiger partial charge in [-0.2, -0.15) is 0 Å². The summed E-state index contributed by atoms with van der Waals surface area (Å²) in [6.45, 7) is 3.20. The number of rotatable bonds is 2. The van der Waals surface area contributed by atoms with E-state index in [1.165, 1.54) is 10.4 Å². The lowest BCUT2D eigenvalue weighted by Gasteiger charge is -2.31. The minimum absolute atomic E-state index is 0.0974. The van der Waals surface area contributed by atoms with Gasteiger partial charge in [-0.05, 0) is 62.6 Å². The van der Waals surface area contributed by atoms with Crippen LogP contribution in [-0.2, 0) is 11.2 Å². The van der Waals surface area contributed by atoms with Crippen LogP contribution in [0.1, 0.15) is 49.0 Å². The molecule has 1 fully saturated rings. The van der Waals surface area contributed by atoms with Crippen molar-refractivity contribution < 1.29 is 4.79 Å². The summed E-state index contributed by atoms with van der Waals surface area (Å²) >= 11 is 1.80. The normalized spacial score (nSPS) is 30.7. The van der Waals surface area contributed by atoms with Gasteiger partial charge in [0.2, 0.25) is 5.91 Å². The van der Waals surface area contributed by atoms with Gasteiger partial charge in [-0.3, -0.25) is 4.79 Å². The van der Waals surface area contributed by atoms with Crippen LogP contribution in [-0.4, -0.2) is 24.5 Å². The standard InChI is InChI=1S/C15H22N2OS/c1-10-9-11(5-7-16-10)17-15(18)13-3-2-4-14-12(13)6-8-19-14/h6,8,10-11,13,16H,2-5,7,9H2,1H3,(H,17,18). The molecule has 1 saturated heterocycles. The van der Waals surface area contributed by atoms with E-state index in [1.807, 2.05) is 0 Å². The zero-order chi connectivity index (χ0) is 13.2. The second-order valence-corrected chi connectivity index (χ2v) is 6.83. The highest BCUT2D eigenvalue weighted by Gasteiger charge is 2.29. The Balaban J connectivity index is 1.65. The fourth-order valence-corrected chi connectivity index (χ4v) is 4.31. The van der Waals surface area contributed by atoms with E-state index in [0.29, 0.717) is 12.1 Å². The molecule has 1 aliphatic heterocycles. The summed E-state index contributed by atoms with van der Waals surface area (Å²) in [4.78, 5) is 13.9. The second-order valence-electron chi connectivity index (χ2n) is 5.83. The van der Waals surface area contributed by atoms with Gasteiger partial charge in [0.15, 0.2) is 0 Å². The van der Waals surface area contributed by atoms with Gasteiger partial charge in [0.1, 0.15) is 0 Å². The van der Waals surface area contributed by atoms with E-state index >= 15 is 0 Å². The molecule has 2 heterocycles. The number of amides is 1. The van der Waals surface area contributed by atoms with Crippen LogP contribution >= 0.6 is 11.3 Å². The van der Waals surface area contributed by atoms with Crippen molar-refractivity contribution in [1.82, 2.24) is 10.6 Å². The molecule has 3 atom stereocenters. The van der Waals surface area contributed by atoms with Crippen LogP contribution in [0.15, 0.2) is 11.4 Å². The zero-order valence-electron chi connectivity index (χ0n) is 11.4. The topological polar surface area (TPSA) is 41.1 Å². The molecule has 4 heteroatoms. The third-order valence-electron chi connectivity index (χ3n) is 4.34. The zero-order valence-corrected chi connectivity index (χ0v) is 12.3. The van der Waals surface area contributed by atoms with Gasteiger partial charge in [0.25, 0.3) is 0 Å². The first-order valence-electron chi connectivity index (χ1n) is 7.34. The van der Waals surface area contributed by atoms with Crippen molar-refractivity contribution in [1.29, 1.82) is 0 Å². The molecular weight excluding hydrogens is 256 g/mol. The number of aryl methyl sites for hydroxylation is 1. The summed E-state index contributed by atoms with van der Waals surface area (Å²) in [5, 5.41) is 8.83. The van der Waals surface area contributed by atoms with Gasteiger partial charge in [-0.25, -0.2) is 0 Å². The van der Waals surface area contributed by atoms with E-state index in [1.54, 1.807) is 11.3 Å². The molecule has 0 radical (unpaired) electrons. The molecule has 0 spiro atoms. The van der Waals surface area contributed by atoms with Crippen molar-refractivity contribution >= 4 is 17.2 Å². The SMILES string of the molecule is CC1CC(NC(=O)C2CCCc3sccc32)CCN1. The molecule has 0 bridgehead atoms. The molecule has 3 unspecified atom stereocenters. The Morgan fingerprint density at radius 3 is 3.21 bits per heavy atom. The number of hydrogen-bond acceptors (Lipinski definition) is 3. The Hall–Kier alpha value is -0.870. The summed E-state index contributed by atoms with van der Waals surface area (Å²) in [7, 11) is 0. The van der Waals surface area contributed by atoms with Crippen LogP contribution in [0.3, 0.4) is 0 Å². The number of carbonyl (C=O) groups is 1. The summed E-state index contributed by atoms with van der Waals surface area (Å²) in [5.74, 6) is 0.346.